The van der Waals surface area contributed by atoms with Crippen molar-refractivity contribution in [1.29, 1.82) is 0 Å². The molecule has 114 valence electrons. The summed E-state index contributed by atoms with van der Waals surface area (Å²) in [4.78, 5) is 21.9. The van der Waals surface area contributed by atoms with E-state index in [1.54, 1.807) is 0 Å². The van der Waals surface area contributed by atoms with Gasteiger partial charge in [-0.2, -0.15) is 13.2 Å². The van der Waals surface area contributed by atoms with E-state index in [0.717, 1.165) is 0 Å². The number of ether oxygens (including phenoxy) is 2. The second kappa shape index (κ2) is 6.76. The van der Waals surface area contributed by atoms with Crippen LogP contribution < -0.4 is 0 Å². The highest BCUT2D eigenvalue weighted by Gasteiger charge is 2.42. The number of hydrogen-bond donors (Lipinski definition) is 0. The Kier molecular flexibility index (Phi) is 5.59. The van der Waals surface area contributed by atoms with Gasteiger partial charge >= 0.3 is 18.1 Å². The Morgan fingerprint density at radius 1 is 1.20 bits per heavy atom. The van der Waals surface area contributed by atoms with Gasteiger partial charge in [-0.3, -0.25) is 0 Å². The highest BCUT2D eigenvalue weighted by molar-refractivity contribution is 5.86. The molecule has 0 N–H and O–H groups in total. The maximum absolute atomic E-state index is 12.0. The largest absolute Gasteiger partial charge is 0.490 e. The number of halogens is 3. The van der Waals surface area contributed by atoms with Crippen molar-refractivity contribution in [2.24, 2.45) is 5.92 Å². The molecule has 0 aromatic carbocycles. The Morgan fingerprint density at radius 3 is 2.20 bits per heavy atom. The summed E-state index contributed by atoms with van der Waals surface area (Å²) in [6.07, 6.45) is -3.86. The van der Waals surface area contributed by atoms with Crippen LogP contribution in [0.3, 0.4) is 0 Å². The number of carbonyl (C=O) groups is 2. The molecule has 1 saturated carbocycles. The van der Waals surface area contributed by atoms with Crippen molar-refractivity contribution >= 4 is 11.9 Å². The number of rotatable bonds is 4. The molecule has 0 heterocycles. The molecule has 0 atom stereocenters. The number of alkyl halides is 3. The van der Waals surface area contributed by atoms with Gasteiger partial charge in [0.2, 0.25) is 0 Å². The first-order chi connectivity index (χ1) is 9.20. The zero-order chi connectivity index (χ0) is 15.3. The third kappa shape index (κ3) is 5.22. The molecule has 0 unspecified atom stereocenters. The summed E-state index contributed by atoms with van der Waals surface area (Å²) < 4.78 is 45.4. The summed E-state index contributed by atoms with van der Waals surface area (Å²) in [5, 5.41) is 0. The molecule has 7 heteroatoms. The van der Waals surface area contributed by atoms with E-state index < -0.39 is 24.2 Å². The van der Waals surface area contributed by atoms with Gasteiger partial charge in [0.05, 0.1) is 6.61 Å². The van der Waals surface area contributed by atoms with E-state index in [-0.39, 0.29) is 12.5 Å². The summed E-state index contributed by atoms with van der Waals surface area (Å²) in [6, 6.07) is 0. The second-order valence-electron chi connectivity index (χ2n) is 4.92. The first kappa shape index (κ1) is 16.5. The summed E-state index contributed by atoms with van der Waals surface area (Å²) in [6.45, 7) is 5.20. The molecular weight excluding hydrogens is 277 g/mol. The third-order valence-corrected chi connectivity index (χ3v) is 3.10. The standard InChI is InChI=1S/C13H17F3O4/c1-8(2)11(17)19-7-9-3-5-10(6-4-9)20-12(18)13(14,15)16/h9-10H,1,3-7H2,2H3. The predicted molar refractivity (Wildman–Crippen MR) is 63.7 cm³/mol. The van der Waals surface area contributed by atoms with Crippen molar-refractivity contribution in [2.75, 3.05) is 6.61 Å². The summed E-state index contributed by atoms with van der Waals surface area (Å²) in [5.41, 5.74) is 0.304. The lowest BCUT2D eigenvalue weighted by molar-refractivity contribution is -0.206. The topological polar surface area (TPSA) is 52.6 Å². The van der Waals surface area contributed by atoms with Gasteiger partial charge in [-0.25, -0.2) is 9.59 Å². The van der Waals surface area contributed by atoms with Crippen LogP contribution in [0, 0.1) is 5.92 Å². The minimum atomic E-state index is -4.95. The molecule has 0 amide bonds. The van der Waals surface area contributed by atoms with Crippen molar-refractivity contribution in [2.45, 2.75) is 44.9 Å². The highest BCUT2D eigenvalue weighted by Crippen LogP contribution is 2.28. The number of carbonyl (C=O) groups excluding carboxylic acids is 2. The Morgan fingerprint density at radius 2 is 1.75 bits per heavy atom. The predicted octanol–water partition coefficient (Wildman–Crippen LogP) is 2.77. The molecule has 1 aliphatic rings. The van der Waals surface area contributed by atoms with Crippen LogP contribution in [0.1, 0.15) is 32.6 Å². The van der Waals surface area contributed by atoms with Crippen molar-refractivity contribution in [3.63, 3.8) is 0 Å². The molecule has 4 nitrogen and oxygen atoms in total. The van der Waals surface area contributed by atoms with Gasteiger partial charge in [-0.05, 0) is 38.5 Å². The zero-order valence-corrected chi connectivity index (χ0v) is 11.2. The van der Waals surface area contributed by atoms with Crippen LogP contribution in [0.4, 0.5) is 13.2 Å². The van der Waals surface area contributed by atoms with Gasteiger partial charge < -0.3 is 9.47 Å². The van der Waals surface area contributed by atoms with Crippen molar-refractivity contribution in [3.05, 3.63) is 12.2 Å². The van der Waals surface area contributed by atoms with E-state index in [1.165, 1.54) is 6.92 Å². The van der Waals surface area contributed by atoms with Gasteiger partial charge in [0.15, 0.2) is 0 Å². The van der Waals surface area contributed by atoms with E-state index in [0.29, 0.717) is 31.3 Å². The molecule has 0 radical (unpaired) electrons. The van der Waals surface area contributed by atoms with Gasteiger partial charge in [0, 0.05) is 5.57 Å². The zero-order valence-electron chi connectivity index (χ0n) is 11.2. The molecule has 0 spiro atoms. The molecule has 1 aliphatic carbocycles. The highest BCUT2D eigenvalue weighted by atomic mass is 19.4. The van der Waals surface area contributed by atoms with Gasteiger partial charge in [-0.1, -0.05) is 6.58 Å². The lowest BCUT2D eigenvalue weighted by atomic mass is 9.88. The quantitative estimate of drug-likeness (QED) is 0.591. The van der Waals surface area contributed by atoms with Crippen molar-refractivity contribution in [3.8, 4) is 0 Å². The van der Waals surface area contributed by atoms with Crippen LogP contribution in [0.25, 0.3) is 0 Å². The Bertz CT molecular complexity index is 382. The molecule has 20 heavy (non-hydrogen) atoms. The maximum Gasteiger partial charge on any atom is 0.490 e. The van der Waals surface area contributed by atoms with E-state index in [9.17, 15) is 22.8 Å². The van der Waals surface area contributed by atoms with Crippen LogP contribution in [0.2, 0.25) is 0 Å². The van der Waals surface area contributed by atoms with Crippen LogP contribution in [-0.4, -0.2) is 30.8 Å². The molecule has 0 bridgehead atoms. The summed E-state index contributed by atoms with van der Waals surface area (Å²) in [5.74, 6) is -2.54. The van der Waals surface area contributed by atoms with Crippen LogP contribution >= 0.6 is 0 Å². The fraction of sp³-hybridized carbons (Fsp3) is 0.692. The molecule has 0 aromatic heterocycles. The van der Waals surface area contributed by atoms with E-state index in [2.05, 4.69) is 11.3 Å². The van der Waals surface area contributed by atoms with Gasteiger partial charge in [-0.15, -0.1) is 0 Å². The SMILES string of the molecule is C=C(C)C(=O)OCC1CCC(OC(=O)C(F)(F)F)CC1. The average molecular weight is 294 g/mol. The van der Waals surface area contributed by atoms with E-state index in [1.807, 2.05) is 0 Å². The average Bonchev–Trinajstić information content (AvgIpc) is 2.36. The molecule has 0 aliphatic heterocycles. The first-order valence-corrected chi connectivity index (χ1v) is 6.30. The minimum Gasteiger partial charge on any atom is -0.462 e. The molecular formula is C13H17F3O4. The third-order valence-electron chi connectivity index (χ3n) is 3.10. The molecule has 1 fully saturated rings. The smallest absolute Gasteiger partial charge is 0.462 e. The van der Waals surface area contributed by atoms with Crippen LogP contribution in [-0.2, 0) is 19.1 Å². The molecule has 1 rings (SSSR count). The second-order valence-corrected chi connectivity index (χ2v) is 4.92. The first-order valence-electron chi connectivity index (χ1n) is 6.30. The lowest BCUT2D eigenvalue weighted by Gasteiger charge is -2.28. The lowest BCUT2D eigenvalue weighted by Crippen LogP contribution is -2.33. The monoisotopic (exact) mass is 294 g/mol. The Balaban J connectivity index is 2.28. The Hall–Kier alpha value is -1.53. The normalized spacial score (nSPS) is 23.0. The van der Waals surface area contributed by atoms with Gasteiger partial charge in [0.25, 0.3) is 0 Å². The molecule has 0 aromatic rings. The number of esters is 2. The minimum absolute atomic E-state index is 0.0825. The van der Waals surface area contributed by atoms with Crippen LogP contribution in [0.5, 0.6) is 0 Å². The maximum atomic E-state index is 12.0. The fourth-order valence-electron chi connectivity index (χ4n) is 1.95. The summed E-state index contributed by atoms with van der Waals surface area (Å²) >= 11 is 0. The van der Waals surface area contributed by atoms with Crippen molar-refractivity contribution < 1.29 is 32.2 Å². The van der Waals surface area contributed by atoms with E-state index >= 15 is 0 Å². The van der Waals surface area contributed by atoms with Gasteiger partial charge in [0.1, 0.15) is 6.10 Å². The summed E-state index contributed by atoms with van der Waals surface area (Å²) in [7, 11) is 0. The Labute approximate surface area is 114 Å². The van der Waals surface area contributed by atoms with Crippen molar-refractivity contribution in [1.82, 2.24) is 0 Å². The van der Waals surface area contributed by atoms with E-state index in [4.69, 9.17) is 4.74 Å². The number of hydrogen-bond acceptors (Lipinski definition) is 4. The van der Waals surface area contributed by atoms with Crippen LogP contribution in [0.15, 0.2) is 12.2 Å². The fourth-order valence-corrected chi connectivity index (χ4v) is 1.95. The molecule has 0 saturated heterocycles.